The molecule has 118 valence electrons. The smallest absolute Gasteiger partial charge is 0.162 e. The molecule has 6 heteroatoms. The maximum atomic E-state index is 10.1. The Morgan fingerprint density at radius 1 is 1.04 bits per heavy atom. The molecule has 0 bridgehead atoms. The van der Waals surface area contributed by atoms with Crippen LogP contribution in [0.25, 0.3) is 11.0 Å². The van der Waals surface area contributed by atoms with Crippen molar-refractivity contribution >= 4 is 16.9 Å². The number of ether oxygens (including phenoxy) is 1. The van der Waals surface area contributed by atoms with E-state index in [1.54, 1.807) is 6.07 Å². The van der Waals surface area contributed by atoms with Gasteiger partial charge < -0.3 is 15.3 Å². The van der Waals surface area contributed by atoms with Crippen molar-refractivity contribution in [1.82, 2.24) is 15.4 Å². The number of hydrogen-bond donors (Lipinski definition) is 3. The van der Waals surface area contributed by atoms with E-state index in [0.29, 0.717) is 18.1 Å². The zero-order valence-corrected chi connectivity index (χ0v) is 13.0. The molecule has 0 spiro atoms. The van der Waals surface area contributed by atoms with E-state index in [1.165, 1.54) is 7.11 Å². The fourth-order valence-electron chi connectivity index (χ4n) is 2.30. The Morgan fingerprint density at radius 2 is 1.78 bits per heavy atom. The maximum absolute atomic E-state index is 10.1. The van der Waals surface area contributed by atoms with E-state index >= 15 is 0 Å². The Bertz CT molecular complexity index is 836. The highest BCUT2D eigenvalue weighted by molar-refractivity contribution is 5.76. The molecule has 0 unspecified atom stereocenters. The summed E-state index contributed by atoms with van der Waals surface area (Å²) in [6, 6.07) is 13.1. The average molecular weight is 310 g/mol. The molecule has 0 saturated heterocycles. The number of rotatable bonds is 5. The van der Waals surface area contributed by atoms with Crippen molar-refractivity contribution in [2.45, 2.75) is 13.5 Å². The van der Waals surface area contributed by atoms with Crippen LogP contribution >= 0.6 is 0 Å². The lowest BCUT2D eigenvalue weighted by atomic mass is 10.2. The number of phenols is 1. The number of nitrogens with zero attached hydrogens (tertiary/aromatic N) is 2. The molecule has 1 aromatic heterocycles. The van der Waals surface area contributed by atoms with Gasteiger partial charge in [0.1, 0.15) is 0 Å². The number of hydrazine groups is 1. The molecule has 3 rings (SSSR count). The molecule has 0 atom stereocenters. The van der Waals surface area contributed by atoms with Gasteiger partial charge >= 0.3 is 0 Å². The lowest BCUT2D eigenvalue weighted by Gasteiger charge is -2.12. The summed E-state index contributed by atoms with van der Waals surface area (Å²) in [6.45, 7) is 2.31. The number of para-hydroxylation sites is 3. The molecule has 0 aliphatic rings. The molecule has 3 aromatic rings. The van der Waals surface area contributed by atoms with Gasteiger partial charge in [-0.2, -0.15) is 0 Å². The highest BCUT2D eigenvalue weighted by Crippen LogP contribution is 2.29. The second kappa shape index (κ2) is 6.50. The molecule has 0 saturated carbocycles. The third kappa shape index (κ3) is 3.17. The molecular formula is C17H18N4O2. The van der Waals surface area contributed by atoms with Crippen molar-refractivity contribution in [3.8, 4) is 11.5 Å². The van der Waals surface area contributed by atoms with Crippen LogP contribution in [0, 0.1) is 6.92 Å². The lowest BCUT2D eigenvalue weighted by molar-refractivity contribution is 0.370. The number of phenolic OH excluding ortho intramolecular Hbond substituents is 1. The summed E-state index contributed by atoms with van der Waals surface area (Å²) in [4.78, 5) is 9.05. The van der Waals surface area contributed by atoms with Crippen LogP contribution in [0.3, 0.4) is 0 Å². The Hall–Kier alpha value is -2.86. The van der Waals surface area contributed by atoms with E-state index in [9.17, 15) is 5.11 Å². The highest BCUT2D eigenvalue weighted by atomic mass is 16.5. The van der Waals surface area contributed by atoms with Gasteiger partial charge in [-0.15, -0.1) is 0 Å². The quantitative estimate of drug-likeness (QED) is 0.629. The minimum atomic E-state index is 0.130. The first-order valence-corrected chi connectivity index (χ1v) is 7.26. The van der Waals surface area contributed by atoms with Crippen LogP contribution in [-0.4, -0.2) is 22.2 Å². The molecule has 0 radical (unpaired) electrons. The summed E-state index contributed by atoms with van der Waals surface area (Å²) in [6.07, 6.45) is 0. The second-order valence-corrected chi connectivity index (χ2v) is 5.09. The van der Waals surface area contributed by atoms with Crippen molar-refractivity contribution in [3.05, 3.63) is 53.7 Å². The average Bonchev–Trinajstić information content (AvgIpc) is 2.57. The largest absolute Gasteiger partial charge is 0.504 e. The Kier molecular flexibility index (Phi) is 4.25. The number of aromatic hydroxyl groups is 1. The molecule has 0 fully saturated rings. The van der Waals surface area contributed by atoms with Gasteiger partial charge in [-0.3, -0.25) is 0 Å². The first-order chi connectivity index (χ1) is 11.2. The number of hydrogen-bond acceptors (Lipinski definition) is 6. The van der Waals surface area contributed by atoms with E-state index in [2.05, 4.69) is 20.8 Å². The van der Waals surface area contributed by atoms with E-state index in [-0.39, 0.29) is 5.75 Å². The second-order valence-electron chi connectivity index (χ2n) is 5.09. The van der Waals surface area contributed by atoms with Gasteiger partial charge in [0.15, 0.2) is 17.3 Å². The van der Waals surface area contributed by atoms with Crippen LogP contribution in [0.5, 0.6) is 11.5 Å². The van der Waals surface area contributed by atoms with E-state index in [0.717, 1.165) is 22.3 Å². The van der Waals surface area contributed by atoms with E-state index < -0.39 is 0 Å². The fourth-order valence-corrected chi connectivity index (χ4v) is 2.30. The summed E-state index contributed by atoms with van der Waals surface area (Å²) in [7, 11) is 1.53. The lowest BCUT2D eigenvalue weighted by Crippen LogP contribution is -2.22. The SMILES string of the molecule is COc1cccc(CNNc2nc3ccccc3nc2C)c1O. The number of aromatic nitrogens is 2. The Balaban J connectivity index is 1.73. The molecule has 23 heavy (non-hydrogen) atoms. The number of nitrogens with one attached hydrogen (secondary N) is 2. The van der Waals surface area contributed by atoms with Crippen LogP contribution in [0.2, 0.25) is 0 Å². The van der Waals surface area contributed by atoms with E-state index in [4.69, 9.17) is 4.74 Å². The first kappa shape index (κ1) is 15.1. The minimum absolute atomic E-state index is 0.130. The molecule has 0 amide bonds. The van der Waals surface area contributed by atoms with Gasteiger partial charge in [-0.1, -0.05) is 24.3 Å². The van der Waals surface area contributed by atoms with Crippen molar-refractivity contribution in [2.75, 3.05) is 12.5 Å². The maximum Gasteiger partial charge on any atom is 0.162 e. The predicted molar refractivity (Wildman–Crippen MR) is 89.4 cm³/mol. The zero-order valence-electron chi connectivity index (χ0n) is 13.0. The number of fused-ring (bicyclic) bond motifs is 1. The zero-order chi connectivity index (χ0) is 16.2. The van der Waals surface area contributed by atoms with Crippen molar-refractivity contribution in [1.29, 1.82) is 0 Å². The summed E-state index contributed by atoms with van der Waals surface area (Å²) in [5.41, 5.74) is 9.30. The van der Waals surface area contributed by atoms with Gasteiger partial charge in [0.2, 0.25) is 0 Å². The molecule has 0 aliphatic heterocycles. The standard InChI is InChI=1S/C17H18N4O2/c1-11-17(20-14-8-4-3-7-13(14)19-11)21-18-10-12-6-5-9-15(23-2)16(12)22/h3-9,18,22H,10H2,1-2H3,(H,20,21). The van der Waals surface area contributed by atoms with Gasteiger partial charge in [0.05, 0.1) is 23.8 Å². The van der Waals surface area contributed by atoms with Gasteiger partial charge in [-0.05, 0) is 25.1 Å². The highest BCUT2D eigenvalue weighted by Gasteiger charge is 2.08. The first-order valence-electron chi connectivity index (χ1n) is 7.26. The third-order valence-corrected chi connectivity index (χ3v) is 3.53. The van der Waals surface area contributed by atoms with Crippen molar-refractivity contribution in [3.63, 3.8) is 0 Å². The summed E-state index contributed by atoms with van der Waals surface area (Å²) < 4.78 is 5.10. The molecule has 2 aromatic carbocycles. The Labute approximate surface area is 134 Å². The summed E-state index contributed by atoms with van der Waals surface area (Å²) >= 11 is 0. The normalized spacial score (nSPS) is 10.7. The number of benzene rings is 2. The Morgan fingerprint density at radius 3 is 2.52 bits per heavy atom. The van der Waals surface area contributed by atoms with Crippen molar-refractivity contribution < 1.29 is 9.84 Å². The summed E-state index contributed by atoms with van der Waals surface area (Å²) in [5, 5.41) is 10.1. The van der Waals surface area contributed by atoms with Gasteiger partial charge in [0.25, 0.3) is 0 Å². The number of aryl methyl sites for hydroxylation is 1. The van der Waals surface area contributed by atoms with E-state index in [1.807, 2.05) is 43.3 Å². The van der Waals surface area contributed by atoms with Crippen LogP contribution in [-0.2, 0) is 6.54 Å². The fraction of sp³-hybridized carbons (Fsp3) is 0.176. The topological polar surface area (TPSA) is 79.3 Å². The molecule has 3 N–H and O–H groups in total. The minimum Gasteiger partial charge on any atom is -0.504 e. The molecular weight excluding hydrogens is 292 g/mol. The van der Waals surface area contributed by atoms with Gasteiger partial charge in [-0.25, -0.2) is 15.4 Å². The van der Waals surface area contributed by atoms with Crippen LogP contribution in [0.15, 0.2) is 42.5 Å². The monoisotopic (exact) mass is 310 g/mol. The number of methoxy groups -OCH3 is 1. The third-order valence-electron chi connectivity index (χ3n) is 3.53. The number of anilines is 1. The van der Waals surface area contributed by atoms with Crippen molar-refractivity contribution in [2.24, 2.45) is 0 Å². The van der Waals surface area contributed by atoms with Crippen LogP contribution < -0.4 is 15.6 Å². The van der Waals surface area contributed by atoms with Gasteiger partial charge in [0, 0.05) is 12.1 Å². The summed E-state index contributed by atoms with van der Waals surface area (Å²) in [5.74, 6) is 1.24. The molecule has 1 heterocycles. The predicted octanol–water partition coefficient (Wildman–Crippen LogP) is 2.77. The van der Waals surface area contributed by atoms with Crippen LogP contribution in [0.4, 0.5) is 5.82 Å². The molecule has 0 aliphatic carbocycles. The molecule has 6 nitrogen and oxygen atoms in total. The van der Waals surface area contributed by atoms with Crippen LogP contribution in [0.1, 0.15) is 11.3 Å².